The van der Waals surface area contributed by atoms with E-state index in [-0.39, 0.29) is 42.9 Å². The van der Waals surface area contributed by atoms with Crippen molar-refractivity contribution in [3.8, 4) is 0 Å². The molecule has 0 saturated carbocycles. The number of nitrogens with one attached hydrogen (secondary N) is 2. The molecule has 2 saturated heterocycles. The number of ether oxygens (including phenoxy) is 1. The van der Waals surface area contributed by atoms with Crippen molar-refractivity contribution in [3.63, 3.8) is 0 Å². The molecule has 142 valence electrons. The normalized spacial score (nSPS) is 26.8. The van der Waals surface area contributed by atoms with E-state index in [0.717, 1.165) is 32.5 Å². The molecule has 0 radical (unpaired) electrons. The van der Waals surface area contributed by atoms with E-state index in [1.807, 2.05) is 6.07 Å². The fourth-order valence-corrected chi connectivity index (χ4v) is 3.40. The summed E-state index contributed by atoms with van der Waals surface area (Å²) in [6, 6.07) is 11.1. The quantitative estimate of drug-likeness (QED) is 0.826. The Morgan fingerprint density at radius 1 is 1.32 bits per heavy atom. The predicted molar refractivity (Wildman–Crippen MR) is 105 cm³/mol. The van der Waals surface area contributed by atoms with Gasteiger partial charge in [-0.1, -0.05) is 30.3 Å². The van der Waals surface area contributed by atoms with Gasteiger partial charge in [-0.2, -0.15) is 0 Å². The molecule has 3 rings (SSSR count). The highest BCUT2D eigenvalue weighted by molar-refractivity contribution is 5.85. The molecule has 2 N–H and O–H groups in total. The molecular formula is C18H29Cl2N3O2. The smallest absolute Gasteiger partial charge is 0.250 e. The minimum absolute atomic E-state index is 0. The molecule has 3 unspecified atom stereocenters. The van der Waals surface area contributed by atoms with Gasteiger partial charge in [0.15, 0.2) is 0 Å². The van der Waals surface area contributed by atoms with Crippen LogP contribution in [0.25, 0.3) is 0 Å². The van der Waals surface area contributed by atoms with Crippen molar-refractivity contribution in [2.75, 3.05) is 26.2 Å². The van der Waals surface area contributed by atoms with E-state index in [1.54, 1.807) is 0 Å². The monoisotopic (exact) mass is 389 g/mol. The fraction of sp³-hybridized carbons (Fsp3) is 0.611. The number of carbonyl (C=O) groups excluding carboxylic acids is 1. The van der Waals surface area contributed by atoms with Gasteiger partial charge in [0.25, 0.3) is 5.91 Å². The Balaban J connectivity index is 0.00000156. The number of carbonyl (C=O) groups is 1. The number of amides is 1. The van der Waals surface area contributed by atoms with Crippen LogP contribution in [0.1, 0.15) is 25.3 Å². The average molecular weight is 390 g/mol. The first kappa shape index (κ1) is 22.2. The maximum Gasteiger partial charge on any atom is 0.250 e. The Morgan fingerprint density at radius 3 is 2.80 bits per heavy atom. The van der Waals surface area contributed by atoms with Crippen molar-refractivity contribution >= 4 is 30.7 Å². The van der Waals surface area contributed by atoms with Crippen molar-refractivity contribution < 1.29 is 9.53 Å². The van der Waals surface area contributed by atoms with Crippen molar-refractivity contribution in [1.29, 1.82) is 0 Å². The van der Waals surface area contributed by atoms with Crippen LogP contribution in [0, 0.1) is 0 Å². The summed E-state index contributed by atoms with van der Waals surface area (Å²) in [5.41, 5.74) is 1.28. The Hall–Kier alpha value is -0.850. The maximum absolute atomic E-state index is 12.5. The highest BCUT2D eigenvalue weighted by Crippen LogP contribution is 2.13. The summed E-state index contributed by atoms with van der Waals surface area (Å²) in [6.07, 6.45) is 1.64. The number of rotatable bonds is 4. The van der Waals surface area contributed by atoms with E-state index in [4.69, 9.17) is 4.74 Å². The first-order valence-electron chi connectivity index (χ1n) is 8.62. The van der Waals surface area contributed by atoms with Crippen molar-refractivity contribution in [1.82, 2.24) is 15.5 Å². The lowest BCUT2D eigenvalue weighted by Crippen LogP contribution is -2.53. The summed E-state index contributed by atoms with van der Waals surface area (Å²) in [6.45, 7) is 6.17. The van der Waals surface area contributed by atoms with E-state index < -0.39 is 0 Å². The van der Waals surface area contributed by atoms with Crippen molar-refractivity contribution in [2.24, 2.45) is 0 Å². The second kappa shape index (κ2) is 11.0. The molecule has 2 aliphatic heterocycles. The highest BCUT2D eigenvalue weighted by atomic mass is 35.5. The number of morpholine rings is 1. The van der Waals surface area contributed by atoms with E-state index in [9.17, 15) is 4.79 Å². The summed E-state index contributed by atoms with van der Waals surface area (Å²) in [5.74, 6) is 0.0434. The third-order valence-electron chi connectivity index (χ3n) is 4.66. The summed E-state index contributed by atoms with van der Waals surface area (Å²) in [5, 5.41) is 6.58. The fourth-order valence-electron chi connectivity index (χ4n) is 3.40. The van der Waals surface area contributed by atoms with Crippen molar-refractivity contribution in [3.05, 3.63) is 35.9 Å². The lowest BCUT2D eigenvalue weighted by Gasteiger charge is -2.34. The zero-order valence-electron chi connectivity index (χ0n) is 14.6. The van der Waals surface area contributed by atoms with Gasteiger partial charge in [0.05, 0.1) is 6.61 Å². The summed E-state index contributed by atoms with van der Waals surface area (Å²) < 4.78 is 5.71. The summed E-state index contributed by atoms with van der Waals surface area (Å²) in [7, 11) is 0. The van der Waals surface area contributed by atoms with Gasteiger partial charge in [0.2, 0.25) is 0 Å². The van der Waals surface area contributed by atoms with Gasteiger partial charge < -0.3 is 15.4 Å². The number of nitrogens with zero attached hydrogens (tertiary/aromatic N) is 1. The van der Waals surface area contributed by atoms with Crippen LogP contribution >= 0.6 is 24.8 Å². The first-order chi connectivity index (χ1) is 11.2. The molecule has 1 aromatic carbocycles. The number of halogens is 2. The first-order valence-corrected chi connectivity index (χ1v) is 8.62. The van der Waals surface area contributed by atoms with Crippen LogP contribution in [-0.4, -0.2) is 55.2 Å². The molecule has 2 aliphatic rings. The lowest BCUT2D eigenvalue weighted by molar-refractivity contribution is -0.139. The SMILES string of the molecule is CC1CC(NC(=O)C2CN(Cc3ccccc3)CCO2)CCN1.Cl.Cl. The molecule has 0 aliphatic carbocycles. The van der Waals surface area contributed by atoms with Crippen LogP contribution in [0.2, 0.25) is 0 Å². The molecule has 3 atom stereocenters. The van der Waals surface area contributed by atoms with Crippen molar-refractivity contribution in [2.45, 2.75) is 44.5 Å². The van der Waals surface area contributed by atoms with Gasteiger partial charge in [-0.05, 0) is 31.9 Å². The average Bonchev–Trinajstić information content (AvgIpc) is 2.56. The summed E-state index contributed by atoms with van der Waals surface area (Å²) in [4.78, 5) is 14.8. The number of piperidine rings is 1. The van der Waals surface area contributed by atoms with Crippen LogP contribution in [0.3, 0.4) is 0 Å². The van der Waals surface area contributed by atoms with Gasteiger partial charge >= 0.3 is 0 Å². The van der Waals surface area contributed by atoms with Gasteiger partial charge in [-0.25, -0.2) is 0 Å². The molecule has 5 nitrogen and oxygen atoms in total. The molecule has 2 heterocycles. The zero-order valence-corrected chi connectivity index (χ0v) is 16.3. The molecule has 0 spiro atoms. The molecular weight excluding hydrogens is 361 g/mol. The Kier molecular flexibility index (Phi) is 9.75. The van der Waals surface area contributed by atoms with Gasteiger partial charge in [0, 0.05) is 31.7 Å². The molecule has 1 aromatic rings. The minimum atomic E-state index is -0.349. The van der Waals surface area contributed by atoms with Crippen LogP contribution in [0.15, 0.2) is 30.3 Å². The van der Waals surface area contributed by atoms with Crippen LogP contribution in [-0.2, 0) is 16.1 Å². The molecule has 2 fully saturated rings. The van der Waals surface area contributed by atoms with E-state index >= 15 is 0 Å². The lowest BCUT2D eigenvalue weighted by atomic mass is 10.0. The Labute approximate surface area is 162 Å². The minimum Gasteiger partial charge on any atom is -0.366 e. The Bertz CT molecular complexity index is 518. The van der Waals surface area contributed by atoms with Crippen LogP contribution in [0.4, 0.5) is 0 Å². The number of benzene rings is 1. The van der Waals surface area contributed by atoms with Gasteiger partial charge in [-0.15, -0.1) is 24.8 Å². The zero-order chi connectivity index (χ0) is 16.1. The molecule has 1 amide bonds. The summed E-state index contributed by atoms with van der Waals surface area (Å²) >= 11 is 0. The van der Waals surface area contributed by atoms with Gasteiger partial charge in [-0.3, -0.25) is 9.69 Å². The van der Waals surface area contributed by atoms with E-state index in [1.165, 1.54) is 5.56 Å². The van der Waals surface area contributed by atoms with Crippen LogP contribution in [0.5, 0.6) is 0 Å². The number of hydrogen-bond donors (Lipinski definition) is 2. The van der Waals surface area contributed by atoms with E-state index in [0.29, 0.717) is 19.2 Å². The predicted octanol–water partition coefficient (Wildman–Crippen LogP) is 1.99. The largest absolute Gasteiger partial charge is 0.366 e. The molecule has 7 heteroatoms. The highest BCUT2D eigenvalue weighted by Gasteiger charge is 2.29. The van der Waals surface area contributed by atoms with Crippen LogP contribution < -0.4 is 10.6 Å². The third-order valence-corrected chi connectivity index (χ3v) is 4.66. The molecule has 25 heavy (non-hydrogen) atoms. The number of hydrogen-bond acceptors (Lipinski definition) is 4. The standard InChI is InChI=1S/C18H27N3O2.2ClH/c1-14-11-16(7-8-19-14)20-18(22)17-13-21(9-10-23-17)12-15-5-3-2-4-6-15;;/h2-6,14,16-17,19H,7-13H2,1H3,(H,20,22);2*1H. The van der Waals surface area contributed by atoms with Gasteiger partial charge in [0.1, 0.15) is 6.10 Å². The van der Waals surface area contributed by atoms with E-state index in [2.05, 4.69) is 46.7 Å². The molecule has 0 aromatic heterocycles. The Morgan fingerprint density at radius 2 is 2.08 bits per heavy atom. The topological polar surface area (TPSA) is 53.6 Å². The second-order valence-electron chi connectivity index (χ2n) is 6.67. The maximum atomic E-state index is 12.5. The molecule has 0 bridgehead atoms. The third kappa shape index (κ3) is 6.76. The second-order valence-corrected chi connectivity index (χ2v) is 6.67.